The number of carboxylic acids is 1. The smallest absolute Gasteiger partial charge is 0.419 e. The first-order valence-electron chi connectivity index (χ1n) is 7.75. The van der Waals surface area contributed by atoms with Crippen LogP contribution >= 0.6 is 0 Å². The number of hydrogen-bond acceptors (Lipinski definition) is 2. The number of aromatic carboxylic acids is 1. The van der Waals surface area contributed by atoms with E-state index >= 15 is 0 Å². The first kappa shape index (κ1) is 17.1. The van der Waals surface area contributed by atoms with Gasteiger partial charge in [0.2, 0.25) is 0 Å². The lowest BCUT2D eigenvalue weighted by atomic mass is 10.1. The van der Waals surface area contributed by atoms with E-state index in [-0.39, 0.29) is 11.3 Å². The molecule has 0 fully saturated rings. The molecule has 0 aliphatic carbocycles. The third kappa shape index (κ3) is 2.62. The quantitative estimate of drug-likeness (QED) is 0.528. The Morgan fingerprint density at radius 1 is 1.11 bits per heavy atom. The highest BCUT2D eigenvalue weighted by Crippen LogP contribution is 2.35. The van der Waals surface area contributed by atoms with Gasteiger partial charge in [-0.1, -0.05) is 0 Å². The molecule has 138 valence electrons. The predicted molar refractivity (Wildman–Crippen MR) is 89.5 cm³/mol. The molecule has 9 heteroatoms. The van der Waals surface area contributed by atoms with Gasteiger partial charge in [0.05, 0.1) is 22.3 Å². The van der Waals surface area contributed by atoms with Crippen molar-refractivity contribution in [2.45, 2.75) is 6.18 Å². The van der Waals surface area contributed by atoms with Crippen molar-refractivity contribution >= 4 is 27.9 Å². The van der Waals surface area contributed by atoms with Crippen LogP contribution in [-0.4, -0.2) is 25.4 Å². The van der Waals surface area contributed by atoms with Crippen LogP contribution in [-0.2, 0) is 13.2 Å². The molecule has 2 aromatic carbocycles. The first-order chi connectivity index (χ1) is 12.7. The zero-order valence-electron chi connectivity index (χ0n) is 13.8. The second kappa shape index (κ2) is 5.57. The molecule has 0 aliphatic rings. The summed E-state index contributed by atoms with van der Waals surface area (Å²) in [6, 6.07) is 6.98. The molecule has 2 heterocycles. The number of hydrogen-bond donors (Lipinski definition) is 1. The molecule has 4 rings (SSSR count). The second-order valence-corrected chi connectivity index (χ2v) is 6.07. The third-order valence-corrected chi connectivity index (χ3v) is 4.31. The average Bonchev–Trinajstić information content (AvgIpc) is 3.07. The van der Waals surface area contributed by atoms with Gasteiger partial charge in [-0.25, -0.2) is 9.18 Å². The van der Waals surface area contributed by atoms with Crippen molar-refractivity contribution in [3.8, 4) is 5.69 Å². The molecule has 0 bridgehead atoms. The maximum atomic E-state index is 14.1. The number of aromatic nitrogens is 3. The molecule has 1 N–H and O–H groups in total. The fourth-order valence-electron chi connectivity index (χ4n) is 3.16. The van der Waals surface area contributed by atoms with Crippen LogP contribution in [0.2, 0.25) is 0 Å². The van der Waals surface area contributed by atoms with Crippen LogP contribution in [0.5, 0.6) is 0 Å². The van der Waals surface area contributed by atoms with Crippen molar-refractivity contribution in [2.75, 3.05) is 0 Å². The molecule has 0 saturated carbocycles. The summed E-state index contributed by atoms with van der Waals surface area (Å²) in [7, 11) is 1.66. The Hall–Kier alpha value is -3.36. The minimum atomic E-state index is -4.79. The van der Waals surface area contributed by atoms with Gasteiger partial charge in [-0.15, -0.1) is 0 Å². The number of halogens is 4. The van der Waals surface area contributed by atoms with Crippen LogP contribution < -0.4 is 0 Å². The number of carbonyl (C=O) groups is 1. The molecule has 0 unspecified atom stereocenters. The monoisotopic (exact) mass is 377 g/mol. The predicted octanol–water partition coefficient (Wildman–Crippen LogP) is 4.37. The lowest BCUT2D eigenvalue weighted by molar-refractivity contribution is -0.140. The normalized spacial score (nSPS) is 12.2. The highest BCUT2D eigenvalue weighted by Gasteiger charge is 2.34. The Kier molecular flexibility index (Phi) is 3.52. The highest BCUT2D eigenvalue weighted by molar-refractivity contribution is 6.09. The van der Waals surface area contributed by atoms with Crippen LogP contribution in [0.15, 0.2) is 42.6 Å². The van der Waals surface area contributed by atoms with E-state index in [4.69, 9.17) is 0 Å². The summed E-state index contributed by atoms with van der Waals surface area (Å²) in [4.78, 5) is 11.3. The molecular weight excluding hydrogens is 366 g/mol. The van der Waals surface area contributed by atoms with Gasteiger partial charge in [0.15, 0.2) is 5.65 Å². The number of carboxylic acid groups (broad SMARTS) is 1. The average molecular weight is 377 g/mol. The van der Waals surface area contributed by atoms with Gasteiger partial charge < -0.3 is 5.11 Å². The number of aryl methyl sites for hydroxylation is 1. The lowest BCUT2D eigenvalue weighted by Crippen LogP contribution is -2.09. The van der Waals surface area contributed by atoms with Gasteiger partial charge in [-0.3, -0.25) is 9.25 Å². The van der Waals surface area contributed by atoms with Crippen LogP contribution in [0.4, 0.5) is 17.6 Å². The SMILES string of the molecule is Cn1cc2c3cc(C(=O)O)ccc3n(-c3ccc(C(F)(F)F)c(F)c3)c2n1. The van der Waals surface area contributed by atoms with E-state index in [1.54, 1.807) is 13.2 Å². The van der Waals surface area contributed by atoms with Gasteiger partial charge in [0.1, 0.15) is 5.82 Å². The second-order valence-electron chi connectivity index (χ2n) is 6.07. The molecule has 0 spiro atoms. The maximum Gasteiger partial charge on any atom is 0.419 e. The topological polar surface area (TPSA) is 60.1 Å². The molecule has 5 nitrogen and oxygen atoms in total. The third-order valence-electron chi connectivity index (χ3n) is 4.31. The standard InChI is InChI=1S/C18H11F4N3O2/c1-24-8-12-11-6-9(17(26)27)2-5-15(11)25(16(12)23-24)10-3-4-13(14(19)7-10)18(20,21)22/h2-8H,1H3,(H,26,27). The largest absolute Gasteiger partial charge is 0.478 e. The Balaban J connectivity index is 2.03. The van der Waals surface area contributed by atoms with Gasteiger partial charge in [-0.05, 0) is 36.4 Å². The van der Waals surface area contributed by atoms with Crippen LogP contribution in [0, 0.1) is 5.82 Å². The molecular formula is C18H11F4N3O2. The number of rotatable bonds is 2. The Morgan fingerprint density at radius 2 is 1.85 bits per heavy atom. The molecule has 0 radical (unpaired) electrons. The zero-order chi connectivity index (χ0) is 19.5. The molecule has 0 aliphatic heterocycles. The summed E-state index contributed by atoms with van der Waals surface area (Å²) >= 11 is 0. The van der Waals surface area contributed by atoms with Gasteiger partial charge >= 0.3 is 12.1 Å². The number of alkyl halides is 3. The summed E-state index contributed by atoms with van der Waals surface area (Å²) in [5, 5.41) is 14.7. The van der Waals surface area contributed by atoms with E-state index in [1.807, 2.05) is 0 Å². The van der Waals surface area contributed by atoms with Crippen molar-refractivity contribution in [1.82, 2.24) is 14.3 Å². The fourth-order valence-corrected chi connectivity index (χ4v) is 3.16. The molecule has 0 saturated heterocycles. The van der Waals surface area contributed by atoms with Crippen LogP contribution in [0.25, 0.3) is 27.6 Å². The van der Waals surface area contributed by atoms with Crippen LogP contribution in [0.1, 0.15) is 15.9 Å². The molecule has 0 amide bonds. The van der Waals surface area contributed by atoms with E-state index in [9.17, 15) is 27.5 Å². The Labute approximate surface area is 149 Å². The van der Waals surface area contributed by atoms with E-state index in [0.29, 0.717) is 28.0 Å². The summed E-state index contributed by atoms with van der Waals surface area (Å²) in [5.41, 5.74) is -0.245. The number of benzene rings is 2. The molecule has 4 aromatic rings. The molecule has 0 atom stereocenters. The summed E-state index contributed by atoms with van der Waals surface area (Å²) < 4.78 is 55.6. The van der Waals surface area contributed by atoms with E-state index in [2.05, 4.69) is 5.10 Å². The first-order valence-corrected chi connectivity index (χ1v) is 7.75. The van der Waals surface area contributed by atoms with Crippen molar-refractivity contribution < 1.29 is 27.5 Å². The van der Waals surface area contributed by atoms with Crippen molar-refractivity contribution in [3.63, 3.8) is 0 Å². The molecule has 2 aromatic heterocycles. The lowest BCUT2D eigenvalue weighted by Gasteiger charge is -2.11. The van der Waals surface area contributed by atoms with E-state index < -0.39 is 23.5 Å². The van der Waals surface area contributed by atoms with Gasteiger partial charge in [0.25, 0.3) is 0 Å². The molecule has 27 heavy (non-hydrogen) atoms. The summed E-state index contributed by atoms with van der Waals surface area (Å²) in [5.74, 6) is -2.50. The number of fused-ring (bicyclic) bond motifs is 3. The highest BCUT2D eigenvalue weighted by atomic mass is 19.4. The van der Waals surface area contributed by atoms with Crippen molar-refractivity contribution in [3.05, 3.63) is 59.5 Å². The van der Waals surface area contributed by atoms with Gasteiger partial charge in [-0.2, -0.15) is 18.3 Å². The van der Waals surface area contributed by atoms with Crippen LogP contribution in [0.3, 0.4) is 0 Å². The van der Waals surface area contributed by atoms with Crippen molar-refractivity contribution in [1.29, 1.82) is 0 Å². The number of nitrogens with zero attached hydrogens (tertiary/aromatic N) is 3. The summed E-state index contributed by atoms with van der Waals surface area (Å²) in [6.07, 6.45) is -3.13. The maximum absolute atomic E-state index is 14.1. The Bertz CT molecular complexity index is 1220. The Morgan fingerprint density at radius 3 is 2.48 bits per heavy atom. The minimum absolute atomic E-state index is 0.0593. The van der Waals surface area contributed by atoms with Crippen molar-refractivity contribution in [2.24, 2.45) is 7.05 Å². The van der Waals surface area contributed by atoms with Gasteiger partial charge in [0, 0.05) is 24.0 Å². The summed E-state index contributed by atoms with van der Waals surface area (Å²) in [6.45, 7) is 0. The van der Waals surface area contributed by atoms with E-state index in [0.717, 1.165) is 12.1 Å². The van der Waals surface area contributed by atoms with E-state index in [1.165, 1.54) is 27.4 Å². The fraction of sp³-hybridized carbons (Fsp3) is 0.111. The zero-order valence-corrected chi connectivity index (χ0v) is 13.8. The minimum Gasteiger partial charge on any atom is -0.478 e.